The molecule has 0 aromatic carbocycles. The maximum atomic E-state index is 11.5. The third-order valence-electron chi connectivity index (χ3n) is 2.59. The zero-order chi connectivity index (χ0) is 13.1. The van der Waals surface area contributed by atoms with Crippen LogP contribution in [-0.4, -0.2) is 31.6 Å². The molecule has 0 aliphatic heterocycles. The Morgan fingerprint density at radius 3 is 2.33 bits per heavy atom. The van der Waals surface area contributed by atoms with Crippen LogP contribution in [0, 0.1) is 0 Å². The first-order valence-electron chi connectivity index (χ1n) is 6.23. The zero-order valence-electron chi connectivity index (χ0n) is 11.2. The molecular weight excluding hydrogens is 256 g/mol. The smallest absolute Gasteiger partial charge is 0.328 e. The number of ether oxygens (including phenoxy) is 1. The molecule has 0 saturated carbocycles. The number of nitrogens with one attached hydrogen (secondary N) is 1. The Morgan fingerprint density at radius 1 is 1.22 bits per heavy atom. The fraction of sp³-hybridized carbons (Fsp3) is 0.833. The number of unbranched alkanes of at least 4 members (excludes halogenated alkanes) is 3. The summed E-state index contributed by atoms with van der Waals surface area (Å²) in [7, 11) is 1.32. The van der Waals surface area contributed by atoms with Crippen molar-refractivity contribution in [3.05, 3.63) is 0 Å². The van der Waals surface area contributed by atoms with Crippen LogP contribution in [0.2, 0.25) is 0 Å². The topological polar surface area (TPSA) is 81.4 Å². The summed E-state index contributed by atoms with van der Waals surface area (Å²) in [5.74, 6) is -0.473. The van der Waals surface area contributed by atoms with Crippen molar-refractivity contribution in [2.24, 2.45) is 5.73 Å². The van der Waals surface area contributed by atoms with Gasteiger partial charge in [-0.15, -0.1) is 12.4 Å². The van der Waals surface area contributed by atoms with Crippen LogP contribution < -0.4 is 11.1 Å². The van der Waals surface area contributed by atoms with Gasteiger partial charge < -0.3 is 15.8 Å². The largest absolute Gasteiger partial charge is 0.467 e. The maximum absolute atomic E-state index is 11.5. The number of amides is 1. The Bertz CT molecular complexity index is 237. The highest BCUT2D eigenvalue weighted by Gasteiger charge is 2.18. The highest BCUT2D eigenvalue weighted by atomic mass is 35.5. The minimum atomic E-state index is -0.517. The van der Waals surface area contributed by atoms with Gasteiger partial charge in [0.05, 0.1) is 7.11 Å². The van der Waals surface area contributed by atoms with Crippen molar-refractivity contribution >= 4 is 24.3 Å². The molecule has 5 nitrogen and oxygen atoms in total. The molecule has 1 amide bonds. The molecule has 0 rings (SSSR count). The molecule has 6 heteroatoms. The number of halogens is 1. The fourth-order valence-corrected chi connectivity index (χ4v) is 1.52. The van der Waals surface area contributed by atoms with E-state index in [-0.39, 0.29) is 24.3 Å². The standard InChI is InChI=1S/C12H24N2O3.ClH/c1-3-10(12(16)17-2)14-11(15)8-6-4-5-7-9-13;/h10H,3-9,13H2,1-2H3,(H,14,15);1H. The molecule has 0 spiro atoms. The van der Waals surface area contributed by atoms with E-state index in [0.717, 1.165) is 25.7 Å². The summed E-state index contributed by atoms with van der Waals surface area (Å²) in [6, 6.07) is -0.517. The number of carbonyl (C=O) groups is 2. The van der Waals surface area contributed by atoms with Gasteiger partial charge in [-0.25, -0.2) is 4.79 Å². The number of methoxy groups -OCH3 is 1. The molecule has 0 bridgehead atoms. The number of hydrogen-bond donors (Lipinski definition) is 2. The lowest BCUT2D eigenvalue weighted by Crippen LogP contribution is -2.40. The Kier molecular flexibility index (Phi) is 13.7. The molecule has 18 heavy (non-hydrogen) atoms. The van der Waals surface area contributed by atoms with E-state index < -0.39 is 6.04 Å². The summed E-state index contributed by atoms with van der Waals surface area (Å²) in [5, 5.41) is 2.67. The number of rotatable bonds is 9. The van der Waals surface area contributed by atoms with E-state index >= 15 is 0 Å². The van der Waals surface area contributed by atoms with Crippen molar-refractivity contribution in [1.29, 1.82) is 0 Å². The monoisotopic (exact) mass is 280 g/mol. The summed E-state index contributed by atoms with van der Waals surface area (Å²) in [4.78, 5) is 22.8. The molecule has 0 heterocycles. The number of hydrogen-bond acceptors (Lipinski definition) is 4. The SMILES string of the molecule is CCC(NC(=O)CCCCCCN)C(=O)OC.Cl. The van der Waals surface area contributed by atoms with Gasteiger partial charge in [0.25, 0.3) is 0 Å². The highest BCUT2D eigenvalue weighted by molar-refractivity contribution is 5.85. The summed E-state index contributed by atoms with van der Waals surface area (Å²) in [6.07, 6.45) is 4.89. The Hall–Kier alpha value is -0.810. The first kappa shape index (κ1) is 19.5. The predicted molar refractivity (Wildman–Crippen MR) is 73.6 cm³/mol. The molecule has 0 aliphatic rings. The second-order valence-corrected chi connectivity index (χ2v) is 4.00. The molecule has 3 N–H and O–H groups in total. The third-order valence-corrected chi connectivity index (χ3v) is 2.59. The van der Waals surface area contributed by atoms with Gasteiger partial charge in [0, 0.05) is 6.42 Å². The average Bonchev–Trinajstić information content (AvgIpc) is 2.34. The highest BCUT2D eigenvalue weighted by Crippen LogP contribution is 2.03. The van der Waals surface area contributed by atoms with E-state index in [1.165, 1.54) is 7.11 Å². The van der Waals surface area contributed by atoms with Crippen molar-refractivity contribution in [3.8, 4) is 0 Å². The van der Waals surface area contributed by atoms with Gasteiger partial charge in [-0.2, -0.15) is 0 Å². The van der Waals surface area contributed by atoms with Crippen LogP contribution in [0.3, 0.4) is 0 Å². The van der Waals surface area contributed by atoms with Crippen molar-refractivity contribution < 1.29 is 14.3 Å². The Balaban J connectivity index is 0. The molecular formula is C12H25ClN2O3. The van der Waals surface area contributed by atoms with E-state index in [2.05, 4.69) is 10.1 Å². The van der Waals surface area contributed by atoms with E-state index in [4.69, 9.17) is 5.73 Å². The van der Waals surface area contributed by atoms with Gasteiger partial charge in [0.1, 0.15) is 6.04 Å². The molecule has 0 aromatic rings. The summed E-state index contributed by atoms with van der Waals surface area (Å²) in [6.45, 7) is 2.54. The van der Waals surface area contributed by atoms with Gasteiger partial charge in [0.2, 0.25) is 5.91 Å². The lowest BCUT2D eigenvalue weighted by Gasteiger charge is -2.14. The van der Waals surface area contributed by atoms with E-state index in [1.807, 2.05) is 6.92 Å². The molecule has 1 unspecified atom stereocenters. The van der Waals surface area contributed by atoms with Gasteiger partial charge in [-0.1, -0.05) is 19.8 Å². The van der Waals surface area contributed by atoms with Crippen LogP contribution in [0.5, 0.6) is 0 Å². The second kappa shape index (κ2) is 12.6. The predicted octanol–water partition coefficient (Wildman–Crippen LogP) is 1.39. The summed E-state index contributed by atoms with van der Waals surface area (Å²) < 4.78 is 4.59. The van der Waals surface area contributed by atoms with Crippen molar-refractivity contribution in [1.82, 2.24) is 5.32 Å². The maximum Gasteiger partial charge on any atom is 0.328 e. The Morgan fingerprint density at radius 2 is 1.83 bits per heavy atom. The molecule has 0 aromatic heterocycles. The molecule has 0 saturated heterocycles. The van der Waals surface area contributed by atoms with Crippen LogP contribution in [0.1, 0.15) is 45.4 Å². The first-order chi connectivity index (χ1) is 8.15. The molecule has 1 atom stereocenters. The second-order valence-electron chi connectivity index (χ2n) is 4.00. The normalized spacial score (nSPS) is 11.3. The lowest BCUT2D eigenvalue weighted by molar-refractivity contribution is -0.145. The van der Waals surface area contributed by atoms with E-state index in [0.29, 0.717) is 19.4 Å². The van der Waals surface area contributed by atoms with Crippen LogP contribution in [0.4, 0.5) is 0 Å². The fourth-order valence-electron chi connectivity index (χ4n) is 1.52. The van der Waals surface area contributed by atoms with E-state index in [1.54, 1.807) is 0 Å². The minimum Gasteiger partial charge on any atom is -0.467 e. The molecule has 108 valence electrons. The van der Waals surface area contributed by atoms with Crippen molar-refractivity contribution in [3.63, 3.8) is 0 Å². The number of carbonyl (C=O) groups excluding carboxylic acids is 2. The number of esters is 1. The molecule has 0 fully saturated rings. The van der Waals surface area contributed by atoms with Gasteiger partial charge in [0.15, 0.2) is 0 Å². The molecule has 0 aliphatic carbocycles. The average molecular weight is 281 g/mol. The van der Waals surface area contributed by atoms with Gasteiger partial charge in [-0.3, -0.25) is 4.79 Å². The molecule has 0 radical (unpaired) electrons. The van der Waals surface area contributed by atoms with Crippen LogP contribution in [0.25, 0.3) is 0 Å². The van der Waals surface area contributed by atoms with Crippen LogP contribution in [-0.2, 0) is 14.3 Å². The van der Waals surface area contributed by atoms with Crippen LogP contribution in [0.15, 0.2) is 0 Å². The first-order valence-corrected chi connectivity index (χ1v) is 6.23. The van der Waals surface area contributed by atoms with Crippen molar-refractivity contribution in [2.45, 2.75) is 51.5 Å². The zero-order valence-corrected chi connectivity index (χ0v) is 12.1. The quantitative estimate of drug-likeness (QED) is 0.494. The Labute approximate surface area is 115 Å². The number of nitrogens with two attached hydrogens (primary N) is 1. The summed E-state index contributed by atoms with van der Waals surface area (Å²) in [5.41, 5.74) is 5.37. The van der Waals surface area contributed by atoms with Gasteiger partial charge in [-0.05, 0) is 25.8 Å². The summed E-state index contributed by atoms with van der Waals surface area (Å²) >= 11 is 0. The van der Waals surface area contributed by atoms with Crippen LogP contribution >= 0.6 is 12.4 Å². The third kappa shape index (κ3) is 9.24. The van der Waals surface area contributed by atoms with Crippen molar-refractivity contribution in [2.75, 3.05) is 13.7 Å². The lowest BCUT2D eigenvalue weighted by atomic mass is 10.1. The van der Waals surface area contributed by atoms with E-state index in [9.17, 15) is 9.59 Å². The minimum absolute atomic E-state index is 0. The van der Waals surface area contributed by atoms with Gasteiger partial charge >= 0.3 is 5.97 Å².